The highest BCUT2D eigenvalue weighted by atomic mass is 16.5. The number of benzene rings is 1. The fraction of sp³-hybridized carbons (Fsp3) is 0.462. The molecule has 5 heteroatoms. The van der Waals surface area contributed by atoms with Crippen LogP contribution in [-0.4, -0.2) is 38.4 Å². The smallest absolute Gasteiger partial charge is 0.202 e. The molecule has 1 aromatic carbocycles. The van der Waals surface area contributed by atoms with Gasteiger partial charge in [-0.05, 0) is 19.2 Å². The number of nitrogens with zero attached hydrogens (tertiary/aromatic N) is 1. The van der Waals surface area contributed by atoms with Gasteiger partial charge in [0.2, 0.25) is 5.89 Å². The zero-order chi connectivity index (χ0) is 12.5. The number of ether oxygens (including phenoxy) is 2. The number of methoxy groups -OCH3 is 1. The Morgan fingerprint density at radius 3 is 3.06 bits per heavy atom. The minimum absolute atomic E-state index is 0.174. The maximum Gasteiger partial charge on any atom is 0.202 e. The van der Waals surface area contributed by atoms with Gasteiger partial charge in [-0.2, -0.15) is 0 Å². The number of fused-ring (bicyclic) bond motifs is 1. The van der Waals surface area contributed by atoms with E-state index in [1.54, 1.807) is 7.11 Å². The number of aromatic nitrogens is 1. The van der Waals surface area contributed by atoms with Crippen molar-refractivity contribution in [3.63, 3.8) is 0 Å². The summed E-state index contributed by atoms with van der Waals surface area (Å²) in [5.41, 5.74) is 1.61. The van der Waals surface area contributed by atoms with Crippen molar-refractivity contribution in [1.29, 1.82) is 0 Å². The molecule has 1 fully saturated rings. The topological polar surface area (TPSA) is 56.5 Å². The van der Waals surface area contributed by atoms with Gasteiger partial charge in [0, 0.05) is 12.1 Å². The lowest BCUT2D eigenvalue weighted by molar-refractivity contribution is 0.186. The molecule has 2 aromatic rings. The average molecular weight is 248 g/mol. The summed E-state index contributed by atoms with van der Waals surface area (Å²) in [5.74, 6) is 1.69. The molecule has 96 valence electrons. The van der Waals surface area contributed by atoms with Crippen molar-refractivity contribution in [2.75, 3.05) is 27.4 Å². The van der Waals surface area contributed by atoms with Crippen molar-refractivity contribution in [3.8, 4) is 5.75 Å². The predicted octanol–water partition coefficient (Wildman–Crippen LogP) is 1.54. The van der Waals surface area contributed by atoms with E-state index in [0.717, 1.165) is 22.7 Å². The molecule has 0 radical (unpaired) electrons. The zero-order valence-corrected chi connectivity index (χ0v) is 10.5. The molecule has 0 aliphatic carbocycles. The Hall–Kier alpha value is -1.59. The fourth-order valence-corrected chi connectivity index (χ4v) is 2.29. The molecule has 1 saturated heterocycles. The number of likely N-dealkylation sites (N-methyl/N-ethyl adjacent to an activating group) is 1. The van der Waals surface area contributed by atoms with Crippen molar-refractivity contribution >= 4 is 11.1 Å². The monoisotopic (exact) mass is 248 g/mol. The molecule has 1 aliphatic heterocycles. The number of nitrogens with one attached hydrogen (secondary N) is 1. The van der Waals surface area contributed by atoms with Crippen molar-refractivity contribution in [3.05, 3.63) is 24.1 Å². The standard InChI is InChI=1S/C13H16N2O3/c1-14-11-7-17-6-9(11)13-15-10-5-8(16-2)3-4-12(10)18-13/h3-5,9,11,14H,6-7H2,1-2H3. The lowest BCUT2D eigenvalue weighted by Gasteiger charge is -2.12. The van der Waals surface area contributed by atoms with E-state index >= 15 is 0 Å². The summed E-state index contributed by atoms with van der Waals surface area (Å²) in [5, 5.41) is 3.23. The normalized spacial score (nSPS) is 23.7. The quantitative estimate of drug-likeness (QED) is 0.892. The van der Waals surface area contributed by atoms with Gasteiger partial charge in [-0.1, -0.05) is 0 Å². The summed E-state index contributed by atoms with van der Waals surface area (Å²) < 4.78 is 16.4. The van der Waals surface area contributed by atoms with Crippen LogP contribution in [0.15, 0.2) is 22.6 Å². The van der Waals surface area contributed by atoms with E-state index in [2.05, 4.69) is 10.3 Å². The second-order valence-corrected chi connectivity index (χ2v) is 4.42. The van der Waals surface area contributed by atoms with Crippen LogP contribution >= 0.6 is 0 Å². The van der Waals surface area contributed by atoms with E-state index in [1.807, 2.05) is 25.2 Å². The Morgan fingerprint density at radius 2 is 2.28 bits per heavy atom. The Labute approximate surface area is 105 Å². The lowest BCUT2D eigenvalue weighted by Crippen LogP contribution is -2.31. The first-order valence-corrected chi connectivity index (χ1v) is 6.01. The molecular formula is C13H16N2O3. The predicted molar refractivity (Wildman–Crippen MR) is 67.0 cm³/mol. The minimum Gasteiger partial charge on any atom is -0.497 e. The van der Waals surface area contributed by atoms with Crippen LogP contribution in [0.4, 0.5) is 0 Å². The first-order chi connectivity index (χ1) is 8.81. The van der Waals surface area contributed by atoms with Crippen molar-refractivity contribution in [2.24, 2.45) is 0 Å². The van der Waals surface area contributed by atoms with Gasteiger partial charge in [-0.3, -0.25) is 0 Å². The molecule has 0 amide bonds. The first-order valence-electron chi connectivity index (χ1n) is 6.01. The number of rotatable bonds is 3. The molecule has 2 atom stereocenters. The third-order valence-electron chi connectivity index (χ3n) is 3.38. The van der Waals surface area contributed by atoms with Gasteiger partial charge in [0.25, 0.3) is 0 Å². The highest BCUT2D eigenvalue weighted by molar-refractivity contribution is 5.74. The van der Waals surface area contributed by atoms with E-state index in [9.17, 15) is 0 Å². The van der Waals surface area contributed by atoms with Crippen LogP contribution in [0.5, 0.6) is 5.75 Å². The van der Waals surface area contributed by atoms with Crippen LogP contribution in [0.2, 0.25) is 0 Å². The van der Waals surface area contributed by atoms with Crippen molar-refractivity contribution < 1.29 is 13.9 Å². The number of oxazole rings is 1. The molecule has 1 aromatic heterocycles. The highest BCUT2D eigenvalue weighted by Gasteiger charge is 2.32. The maximum absolute atomic E-state index is 5.80. The van der Waals surface area contributed by atoms with Crippen LogP contribution in [0, 0.1) is 0 Å². The van der Waals surface area contributed by atoms with Crippen LogP contribution in [0.3, 0.4) is 0 Å². The Balaban J connectivity index is 1.97. The summed E-state index contributed by atoms with van der Waals surface area (Å²) in [4.78, 5) is 4.53. The zero-order valence-electron chi connectivity index (χ0n) is 10.5. The molecule has 1 N–H and O–H groups in total. The van der Waals surface area contributed by atoms with E-state index in [0.29, 0.717) is 13.2 Å². The van der Waals surface area contributed by atoms with Crippen LogP contribution in [0.25, 0.3) is 11.1 Å². The van der Waals surface area contributed by atoms with E-state index in [-0.39, 0.29) is 12.0 Å². The Kier molecular flexibility index (Phi) is 2.93. The van der Waals surface area contributed by atoms with Gasteiger partial charge in [0.1, 0.15) is 11.3 Å². The number of hydrogen-bond acceptors (Lipinski definition) is 5. The Morgan fingerprint density at radius 1 is 1.39 bits per heavy atom. The van der Waals surface area contributed by atoms with Crippen LogP contribution < -0.4 is 10.1 Å². The lowest BCUT2D eigenvalue weighted by atomic mass is 10.0. The fourth-order valence-electron chi connectivity index (χ4n) is 2.29. The van der Waals surface area contributed by atoms with Crippen LogP contribution in [0.1, 0.15) is 11.8 Å². The summed E-state index contributed by atoms with van der Waals surface area (Å²) in [7, 11) is 3.57. The van der Waals surface area contributed by atoms with E-state index in [4.69, 9.17) is 13.9 Å². The first kappa shape index (κ1) is 11.5. The molecule has 3 rings (SSSR count). The summed E-state index contributed by atoms with van der Waals surface area (Å²) in [6.07, 6.45) is 0. The third-order valence-corrected chi connectivity index (χ3v) is 3.38. The van der Waals surface area contributed by atoms with E-state index in [1.165, 1.54) is 0 Å². The van der Waals surface area contributed by atoms with Crippen LogP contribution in [-0.2, 0) is 4.74 Å². The maximum atomic E-state index is 5.80. The molecule has 0 spiro atoms. The second-order valence-electron chi connectivity index (χ2n) is 4.42. The molecule has 2 heterocycles. The molecule has 5 nitrogen and oxygen atoms in total. The van der Waals surface area contributed by atoms with Crippen molar-refractivity contribution in [1.82, 2.24) is 10.3 Å². The van der Waals surface area contributed by atoms with E-state index < -0.39 is 0 Å². The highest BCUT2D eigenvalue weighted by Crippen LogP contribution is 2.29. The van der Waals surface area contributed by atoms with Gasteiger partial charge < -0.3 is 19.2 Å². The molecule has 18 heavy (non-hydrogen) atoms. The number of hydrogen-bond donors (Lipinski definition) is 1. The molecule has 1 aliphatic rings. The molecule has 0 saturated carbocycles. The third kappa shape index (κ3) is 1.85. The van der Waals surface area contributed by atoms with Gasteiger partial charge >= 0.3 is 0 Å². The molecular weight excluding hydrogens is 232 g/mol. The van der Waals surface area contributed by atoms with Gasteiger partial charge in [-0.25, -0.2) is 4.98 Å². The minimum atomic E-state index is 0.174. The average Bonchev–Trinajstić information content (AvgIpc) is 3.03. The van der Waals surface area contributed by atoms with Gasteiger partial charge in [0.15, 0.2) is 5.58 Å². The van der Waals surface area contributed by atoms with Gasteiger partial charge in [-0.15, -0.1) is 0 Å². The Bertz CT molecular complexity index is 552. The molecule has 2 unspecified atom stereocenters. The van der Waals surface area contributed by atoms with Crippen molar-refractivity contribution in [2.45, 2.75) is 12.0 Å². The largest absolute Gasteiger partial charge is 0.497 e. The summed E-state index contributed by atoms with van der Waals surface area (Å²) >= 11 is 0. The molecule has 0 bridgehead atoms. The van der Waals surface area contributed by atoms with Gasteiger partial charge in [0.05, 0.1) is 26.2 Å². The SMILES string of the molecule is CNC1COCC1c1nc2cc(OC)ccc2o1. The second kappa shape index (κ2) is 4.59. The summed E-state index contributed by atoms with van der Waals surface area (Å²) in [6, 6.07) is 5.90. The summed E-state index contributed by atoms with van der Waals surface area (Å²) in [6.45, 7) is 1.35.